The van der Waals surface area contributed by atoms with Crippen molar-refractivity contribution in [2.24, 2.45) is 0 Å². The van der Waals surface area contributed by atoms with E-state index in [0.29, 0.717) is 17.4 Å². The SMILES string of the molecule is COc1ccc2sc(-n3nc(C)cc3NC(=O)Cc3ccc(C)cc3)nc2c1. The molecule has 0 spiro atoms. The van der Waals surface area contributed by atoms with Gasteiger partial charge in [0.1, 0.15) is 11.6 Å². The first kappa shape index (κ1) is 18.2. The minimum Gasteiger partial charge on any atom is -0.497 e. The zero-order valence-corrected chi connectivity index (χ0v) is 16.7. The molecule has 0 atom stereocenters. The largest absolute Gasteiger partial charge is 0.497 e. The number of nitrogens with zero attached hydrogens (tertiary/aromatic N) is 3. The second-order valence-corrected chi connectivity index (χ2v) is 7.63. The molecule has 28 heavy (non-hydrogen) atoms. The fourth-order valence-corrected chi connectivity index (χ4v) is 3.84. The topological polar surface area (TPSA) is 69.0 Å². The van der Waals surface area contributed by atoms with Gasteiger partial charge in [-0.15, -0.1) is 0 Å². The second-order valence-electron chi connectivity index (χ2n) is 6.62. The molecule has 4 aromatic rings. The van der Waals surface area contributed by atoms with Crippen molar-refractivity contribution in [1.29, 1.82) is 0 Å². The van der Waals surface area contributed by atoms with Crippen LogP contribution in [0.2, 0.25) is 0 Å². The molecule has 0 bridgehead atoms. The zero-order chi connectivity index (χ0) is 19.7. The standard InChI is InChI=1S/C21H20N4O2S/c1-13-4-6-15(7-5-13)11-20(26)23-19-10-14(2)24-25(19)21-22-17-12-16(27-3)8-9-18(17)28-21/h4-10,12H,11H2,1-3H3,(H,23,26). The average Bonchev–Trinajstić information content (AvgIpc) is 3.25. The number of methoxy groups -OCH3 is 1. The van der Waals surface area contributed by atoms with Crippen LogP contribution in [0.15, 0.2) is 48.5 Å². The van der Waals surface area contributed by atoms with E-state index in [2.05, 4.69) is 15.4 Å². The number of hydrogen-bond acceptors (Lipinski definition) is 5. The smallest absolute Gasteiger partial charge is 0.229 e. The van der Waals surface area contributed by atoms with Crippen molar-refractivity contribution < 1.29 is 9.53 Å². The van der Waals surface area contributed by atoms with Crippen molar-refractivity contribution in [2.45, 2.75) is 20.3 Å². The Morgan fingerprint density at radius 2 is 1.93 bits per heavy atom. The van der Waals surface area contributed by atoms with Crippen LogP contribution in [0.4, 0.5) is 5.82 Å². The molecule has 6 nitrogen and oxygen atoms in total. The lowest BCUT2D eigenvalue weighted by Crippen LogP contribution is -2.17. The summed E-state index contributed by atoms with van der Waals surface area (Å²) in [5.74, 6) is 1.28. The summed E-state index contributed by atoms with van der Waals surface area (Å²) < 4.78 is 7.98. The fourth-order valence-electron chi connectivity index (χ4n) is 2.93. The van der Waals surface area contributed by atoms with E-state index in [9.17, 15) is 4.79 Å². The first-order valence-electron chi connectivity index (χ1n) is 8.89. The summed E-state index contributed by atoms with van der Waals surface area (Å²) in [6, 6.07) is 15.6. The number of carbonyl (C=O) groups excluding carboxylic acids is 1. The molecule has 4 rings (SSSR count). The summed E-state index contributed by atoms with van der Waals surface area (Å²) in [5, 5.41) is 8.17. The van der Waals surface area contributed by atoms with Crippen LogP contribution < -0.4 is 10.1 Å². The van der Waals surface area contributed by atoms with Crippen LogP contribution in [0, 0.1) is 13.8 Å². The van der Waals surface area contributed by atoms with E-state index in [0.717, 1.165) is 27.2 Å². The van der Waals surface area contributed by atoms with Crippen LogP contribution in [0.25, 0.3) is 15.3 Å². The number of hydrogen-bond donors (Lipinski definition) is 1. The maximum Gasteiger partial charge on any atom is 0.229 e. The Kier molecular flexibility index (Phi) is 4.83. The maximum absolute atomic E-state index is 12.5. The number of ether oxygens (including phenoxy) is 1. The van der Waals surface area contributed by atoms with Crippen LogP contribution in [-0.2, 0) is 11.2 Å². The van der Waals surface area contributed by atoms with E-state index < -0.39 is 0 Å². The van der Waals surface area contributed by atoms with E-state index >= 15 is 0 Å². The lowest BCUT2D eigenvalue weighted by Gasteiger charge is -2.07. The minimum absolute atomic E-state index is 0.0900. The van der Waals surface area contributed by atoms with Gasteiger partial charge in [0, 0.05) is 12.1 Å². The molecule has 2 heterocycles. The molecular formula is C21H20N4O2S. The number of rotatable bonds is 5. The number of anilines is 1. The van der Waals surface area contributed by atoms with Gasteiger partial charge in [0.25, 0.3) is 0 Å². The van der Waals surface area contributed by atoms with Gasteiger partial charge in [-0.25, -0.2) is 4.98 Å². The van der Waals surface area contributed by atoms with Crippen LogP contribution in [-0.4, -0.2) is 27.8 Å². The number of benzene rings is 2. The van der Waals surface area contributed by atoms with Gasteiger partial charge in [-0.05, 0) is 31.5 Å². The van der Waals surface area contributed by atoms with Crippen molar-refractivity contribution in [3.63, 3.8) is 0 Å². The summed E-state index contributed by atoms with van der Waals surface area (Å²) in [6.07, 6.45) is 0.307. The molecule has 0 saturated heterocycles. The highest BCUT2D eigenvalue weighted by Gasteiger charge is 2.15. The molecule has 0 aliphatic carbocycles. The monoisotopic (exact) mass is 392 g/mol. The Balaban J connectivity index is 1.59. The van der Waals surface area contributed by atoms with Gasteiger partial charge in [-0.3, -0.25) is 4.79 Å². The Morgan fingerprint density at radius 1 is 1.14 bits per heavy atom. The highest BCUT2D eigenvalue weighted by atomic mass is 32.1. The number of aromatic nitrogens is 3. The summed E-state index contributed by atoms with van der Waals surface area (Å²) in [4.78, 5) is 17.2. The quantitative estimate of drug-likeness (QED) is 0.550. The molecule has 0 unspecified atom stereocenters. The van der Waals surface area contributed by atoms with Crippen LogP contribution in [0.1, 0.15) is 16.8 Å². The molecule has 0 fully saturated rings. The van der Waals surface area contributed by atoms with Crippen molar-refractivity contribution in [3.05, 3.63) is 65.4 Å². The Hall–Kier alpha value is -3.19. The second kappa shape index (κ2) is 7.44. The predicted molar refractivity (Wildman–Crippen MR) is 112 cm³/mol. The number of nitrogens with one attached hydrogen (secondary N) is 1. The van der Waals surface area contributed by atoms with Crippen molar-refractivity contribution in [2.75, 3.05) is 12.4 Å². The molecule has 0 aliphatic heterocycles. The number of amides is 1. The number of aryl methyl sites for hydroxylation is 2. The first-order valence-corrected chi connectivity index (χ1v) is 9.70. The van der Waals surface area contributed by atoms with Crippen molar-refractivity contribution in [3.8, 4) is 10.9 Å². The van der Waals surface area contributed by atoms with Crippen molar-refractivity contribution >= 4 is 33.3 Å². The molecule has 2 aromatic heterocycles. The molecule has 142 valence electrons. The third-order valence-corrected chi connectivity index (χ3v) is 5.36. The molecule has 1 N–H and O–H groups in total. The Labute approximate surface area is 166 Å². The van der Waals surface area contributed by atoms with Crippen LogP contribution in [0.3, 0.4) is 0 Å². The van der Waals surface area contributed by atoms with E-state index in [1.165, 1.54) is 16.9 Å². The molecule has 0 saturated carbocycles. The van der Waals surface area contributed by atoms with Crippen LogP contribution >= 0.6 is 11.3 Å². The summed E-state index contributed by atoms with van der Waals surface area (Å²) >= 11 is 1.51. The lowest BCUT2D eigenvalue weighted by atomic mass is 10.1. The van der Waals surface area contributed by atoms with Gasteiger partial charge < -0.3 is 10.1 Å². The van der Waals surface area contributed by atoms with E-state index in [4.69, 9.17) is 4.74 Å². The minimum atomic E-state index is -0.0900. The number of thiazole rings is 1. The van der Waals surface area contributed by atoms with E-state index in [-0.39, 0.29) is 5.91 Å². The van der Waals surface area contributed by atoms with Gasteiger partial charge in [0.2, 0.25) is 11.0 Å². The van der Waals surface area contributed by atoms with E-state index in [1.54, 1.807) is 11.8 Å². The van der Waals surface area contributed by atoms with Gasteiger partial charge in [0.05, 0.1) is 29.4 Å². The number of carbonyl (C=O) groups is 1. The number of fused-ring (bicyclic) bond motifs is 1. The molecule has 2 aromatic carbocycles. The molecule has 7 heteroatoms. The highest BCUT2D eigenvalue weighted by Crippen LogP contribution is 2.29. The third-order valence-electron chi connectivity index (χ3n) is 4.35. The average molecular weight is 392 g/mol. The zero-order valence-electron chi connectivity index (χ0n) is 15.9. The lowest BCUT2D eigenvalue weighted by molar-refractivity contribution is -0.115. The highest BCUT2D eigenvalue weighted by molar-refractivity contribution is 7.20. The normalized spacial score (nSPS) is 11.0. The summed E-state index contributed by atoms with van der Waals surface area (Å²) in [7, 11) is 1.63. The van der Waals surface area contributed by atoms with Gasteiger partial charge >= 0.3 is 0 Å². The Bertz CT molecular complexity index is 1150. The maximum atomic E-state index is 12.5. The summed E-state index contributed by atoms with van der Waals surface area (Å²) in [5.41, 5.74) is 3.79. The van der Waals surface area contributed by atoms with Gasteiger partial charge in [-0.2, -0.15) is 9.78 Å². The predicted octanol–water partition coefficient (Wildman–Crippen LogP) is 4.29. The molecular weight excluding hydrogens is 372 g/mol. The fraction of sp³-hybridized carbons (Fsp3) is 0.190. The van der Waals surface area contributed by atoms with Gasteiger partial charge in [0.15, 0.2) is 0 Å². The van der Waals surface area contributed by atoms with Crippen molar-refractivity contribution in [1.82, 2.24) is 14.8 Å². The van der Waals surface area contributed by atoms with Crippen LogP contribution in [0.5, 0.6) is 5.75 Å². The molecule has 0 aliphatic rings. The first-order chi connectivity index (χ1) is 13.5. The third kappa shape index (κ3) is 3.75. The van der Waals surface area contributed by atoms with E-state index in [1.807, 2.05) is 62.4 Å². The summed E-state index contributed by atoms with van der Waals surface area (Å²) in [6.45, 7) is 3.92. The molecule has 0 radical (unpaired) electrons. The van der Waals surface area contributed by atoms with Gasteiger partial charge in [-0.1, -0.05) is 41.2 Å². The molecule has 1 amide bonds. The Morgan fingerprint density at radius 3 is 2.68 bits per heavy atom.